The summed E-state index contributed by atoms with van der Waals surface area (Å²) in [7, 11) is 0. The highest BCUT2D eigenvalue weighted by atomic mass is 19.1. The van der Waals surface area contributed by atoms with Crippen LogP contribution in [0.4, 0.5) is 4.39 Å². The first kappa shape index (κ1) is 12.4. The Kier molecular flexibility index (Phi) is 3.67. The van der Waals surface area contributed by atoms with Gasteiger partial charge in [0.1, 0.15) is 11.6 Å². The van der Waals surface area contributed by atoms with Gasteiger partial charge in [-0.25, -0.2) is 4.39 Å². The summed E-state index contributed by atoms with van der Waals surface area (Å²) < 4.78 is 13.4. The van der Waals surface area contributed by atoms with Crippen LogP contribution >= 0.6 is 0 Å². The third-order valence-corrected chi connectivity index (χ3v) is 3.81. The highest BCUT2D eigenvalue weighted by molar-refractivity contribution is 5.42. The van der Waals surface area contributed by atoms with E-state index in [1.165, 1.54) is 31.4 Å². The normalized spacial score (nSPS) is 19.2. The number of hydrogen-bond acceptors (Lipinski definition) is 2. The smallest absolute Gasteiger partial charge is 0.124 e. The average Bonchev–Trinajstić information content (AvgIpc) is 2.34. The molecule has 0 aliphatic heterocycles. The summed E-state index contributed by atoms with van der Waals surface area (Å²) >= 11 is 0. The van der Waals surface area contributed by atoms with Crippen LogP contribution in [0.15, 0.2) is 12.1 Å². The quantitative estimate of drug-likeness (QED) is 0.827. The SMILES string of the molecule is Cc1cc(F)cc([C@@H](N)C2CCCCC2)c1O. The largest absolute Gasteiger partial charge is 0.507 e. The monoisotopic (exact) mass is 237 g/mol. The van der Waals surface area contributed by atoms with Crippen LogP contribution in [0.25, 0.3) is 0 Å². The van der Waals surface area contributed by atoms with Crippen molar-refractivity contribution in [2.24, 2.45) is 11.7 Å². The maximum atomic E-state index is 13.4. The molecule has 17 heavy (non-hydrogen) atoms. The summed E-state index contributed by atoms with van der Waals surface area (Å²) in [6.45, 7) is 1.70. The number of rotatable bonds is 2. The van der Waals surface area contributed by atoms with Gasteiger partial charge in [0.15, 0.2) is 0 Å². The van der Waals surface area contributed by atoms with Gasteiger partial charge in [-0.3, -0.25) is 0 Å². The molecule has 1 aliphatic carbocycles. The maximum absolute atomic E-state index is 13.4. The minimum Gasteiger partial charge on any atom is -0.507 e. The van der Waals surface area contributed by atoms with E-state index in [4.69, 9.17) is 5.73 Å². The van der Waals surface area contributed by atoms with E-state index in [0.717, 1.165) is 12.8 Å². The van der Waals surface area contributed by atoms with Crippen molar-refractivity contribution in [2.75, 3.05) is 0 Å². The van der Waals surface area contributed by atoms with E-state index in [0.29, 0.717) is 17.0 Å². The Hall–Kier alpha value is -1.09. The standard InChI is InChI=1S/C14H20FNO/c1-9-7-11(15)8-12(14(9)17)13(16)10-5-3-2-4-6-10/h7-8,10,13,17H,2-6,16H2,1H3/t13-/m0/s1. The second kappa shape index (κ2) is 5.05. The molecule has 1 saturated carbocycles. The summed E-state index contributed by atoms with van der Waals surface area (Å²) in [6.07, 6.45) is 5.80. The number of hydrogen-bond donors (Lipinski definition) is 2. The first-order chi connectivity index (χ1) is 8.09. The minimum absolute atomic E-state index is 0.157. The van der Waals surface area contributed by atoms with Gasteiger partial charge in [-0.05, 0) is 43.4 Å². The molecule has 3 heteroatoms. The highest BCUT2D eigenvalue weighted by Gasteiger charge is 2.24. The van der Waals surface area contributed by atoms with Gasteiger partial charge in [-0.2, -0.15) is 0 Å². The zero-order chi connectivity index (χ0) is 12.4. The van der Waals surface area contributed by atoms with E-state index in [9.17, 15) is 9.50 Å². The van der Waals surface area contributed by atoms with E-state index < -0.39 is 0 Å². The molecule has 0 radical (unpaired) electrons. The van der Waals surface area contributed by atoms with Crippen LogP contribution in [0.2, 0.25) is 0 Å². The van der Waals surface area contributed by atoms with Gasteiger partial charge < -0.3 is 10.8 Å². The molecule has 0 bridgehead atoms. The molecule has 0 unspecified atom stereocenters. The van der Waals surface area contributed by atoms with E-state index in [1.54, 1.807) is 6.92 Å². The predicted molar refractivity (Wildman–Crippen MR) is 66.3 cm³/mol. The summed E-state index contributed by atoms with van der Waals surface area (Å²) in [5.74, 6) is 0.210. The van der Waals surface area contributed by atoms with Gasteiger partial charge >= 0.3 is 0 Å². The molecule has 0 heterocycles. The van der Waals surface area contributed by atoms with Gasteiger partial charge in [0, 0.05) is 11.6 Å². The average molecular weight is 237 g/mol. The van der Waals surface area contributed by atoms with Crippen LogP contribution in [0.5, 0.6) is 5.75 Å². The van der Waals surface area contributed by atoms with Crippen LogP contribution in [0.1, 0.15) is 49.3 Å². The van der Waals surface area contributed by atoms with E-state index >= 15 is 0 Å². The first-order valence-electron chi connectivity index (χ1n) is 6.34. The third-order valence-electron chi connectivity index (χ3n) is 3.81. The molecular weight excluding hydrogens is 217 g/mol. The number of benzene rings is 1. The van der Waals surface area contributed by atoms with Crippen LogP contribution in [0, 0.1) is 18.7 Å². The summed E-state index contributed by atoms with van der Waals surface area (Å²) in [6, 6.07) is 2.47. The van der Waals surface area contributed by atoms with Crippen molar-refractivity contribution in [1.29, 1.82) is 0 Å². The van der Waals surface area contributed by atoms with Crippen LogP contribution in [-0.2, 0) is 0 Å². The fraction of sp³-hybridized carbons (Fsp3) is 0.571. The lowest BCUT2D eigenvalue weighted by molar-refractivity contribution is 0.302. The summed E-state index contributed by atoms with van der Waals surface area (Å²) in [5, 5.41) is 9.98. The first-order valence-corrected chi connectivity index (χ1v) is 6.34. The molecule has 3 N–H and O–H groups in total. The molecule has 2 rings (SSSR count). The second-order valence-electron chi connectivity index (χ2n) is 5.08. The fourth-order valence-electron chi connectivity index (χ4n) is 2.76. The van der Waals surface area contributed by atoms with Crippen molar-refractivity contribution < 1.29 is 9.50 Å². The third kappa shape index (κ3) is 2.60. The molecule has 1 atom stereocenters. The summed E-state index contributed by atoms with van der Waals surface area (Å²) in [5.41, 5.74) is 7.31. The molecule has 0 spiro atoms. The lowest BCUT2D eigenvalue weighted by atomic mass is 9.81. The Morgan fingerprint density at radius 3 is 2.59 bits per heavy atom. The van der Waals surface area contributed by atoms with Crippen LogP contribution in [-0.4, -0.2) is 5.11 Å². The molecule has 1 aliphatic rings. The molecule has 1 aromatic carbocycles. The van der Waals surface area contributed by atoms with Gasteiger partial charge in [0.05, 0.1) is 0 Å². The van der Waals surface area contributed by atoms with Crippen molar-refractivity contribution in [3.05, 3.63) is 29.1 Å². The lowest BCUT2D eigenvalue weighted by Gasteiger charge is -2.28. The molecular formula is C14H20FNO. The second-order valence-corrected chi connectivity index (χ2v) is 5.08. The number of aromatic hydroxyl groups is 1. The van der Waals surface area contributed by atoms with Gasteiger partial charge in [0.25, 0.3) is 0 Å². The molecule has 0 saturated heterocycles. The number of phenolic OH excluding ortho intramolecular Hbond substituents is 1. The van der Waals surface area contributed by atoms with Crippen LogP contribution < -0.4 is 5.73 Å². The zero-order valence-electron chi connectivity index (χ0n) is 10.2. The predicted octanol–water partition coefficient (Wildman–Crippen LogP) is 3.42. The van der Waals surface area contributed by atoms with Crippen molar-refractivity contribution in [2.45, 2.75) is 45.1 Å². The number of aryl methyl sites for hydroxylation is 1. The summed E-state index contributed by atoms with van der Waals surface area (Å²) in [4.78, 5) is 0. The molecule has 0 amide bonds. The van der Waals surface area contributed by atoms with E-state index in [1.807, 2.05) is 0 Å². The van der Waals surface area contributed by atoms with Crippen molar-refractivity contribution in [3.63, 3.8) is 0 Å². The maximum Gasteiger partial charge on any atom is 0.124 e. The molecule has 2 nitrogen and oxygen atoms in total. The molecule has 1 aromatic rings. The number of phenols is 1. The lowest BCUT2D eigenvalue weighted by Crippen LogP contribution is -2.23. The highest BCUT2D eigenvalue weighted by Crippen LogP contribution is 2.37. The van der Waals surface area contributed by atoms with Gasteiger partial charge in [0.2, 0.25) is 0 Å². The van der Waals surface area contributed by atoms with E-state index in [-0.39, 0.29) is 17.6 Å². The van der Waals surface area contributed by atoms with Crippen LogP contribution in [0.3, 0.4) is 0 Å². The minimum atomic E-state index is -0.318. The molecule has 1 fully saturated rings. The molecule has 94 valence electrons. The van der Waals surface area contributed by atoms with Gasteiger partial charge in [-0.15, -0.1) is 0 Å². The fourth-order valence-corrected chi connectivity index (χ4v) is 2.76. The van der Waals surface area contributed by atoms with Gasteiger partial charge in [-0.1, -0.05) is 19.3 Å². The van der Waals surface area contributed by atoms with Crippen molar-refractivity contribution in [1.82, 2.24) is 0 Å². The van der Waals surface area contributed by atoms with E-state index in [2.05, 4.69) is 0 Å². The Labute approximate surface area is 102 Å². The number of nitrogens with two attached hydrogens (primary N) is 1. The topological polar surface area (TPSA) is 46.2 Å². The molecule has 0 aromatic heterocycles. The Morgan fingerprint density at radius 1 is 1.29 bits per heavy atom. The van der Waals surface area contributed by atoms with Crippen molar-refractivity contribution in [3.8, 4) is 5.75 Å². The zero-order valence-corrected chi connectivity index (χ0v) is 10.2. The van der Waals surface area contributed by atoms with Crippen molar-refractivity contribution >= 4 is 0 Å². The number of halogens is 1. The Balaban J connectivity index is 2.26. The Bertz CT molecular complexity index is 399. The Morgan fingerprint density at radius 2 is 1.94 bits per heavy atom.